The van der Waals surface area contributed by atoms with E-state index >= 15 is 0 Å². The summed E-state index contributed by atoms with van der Waals surface area (Å²) in [6.45, 7) is 1.60. The zero-order chi connectivity index (χ0) is 13.9. The number of ketones is 1. The van der Waals surface area contributed by atoms with Gasteiger partial charge in [0.2, 0.25) is 0 Å². The number of hydrogen-bond acceptors (Lipinski definition) is 1. The van der Waals surface area contributed by atoms with Crippen molar-refractivity contribution in [3.8, 4) is 11.1 Å². The molecule has 0 saturated heterocycles. The van der Waals surface area contributed by atoms with E-state index in [2.05, 4.69) is 24.3 Å². The van der Waals surface area contributed by atoms with Gasteiger partial charge in [-0.2, -0.15) is 0 Å². The third-order valence-corrected chi connectivity index (χ3v) is 4.36. The third kappa shape index (κ3) is 2.67. The van der Waals surface area contributed by atoms with E-state index in [0.29, 0.717) is 0 Å². The fraction of sp³-hybridized carbons (Fsp3) is 0.316. The van der Waals surface area contributed by atoms with Gasteiger partial charge in [-0.25, -0.2) is 0 Å². The van der Waals surface area contributed by atoms with Crippen LogP contribution >= 0.6 is 0 Å². The molecule has 0 spiro atoms. The van der Waals surface area contributed by atoms with E-state index in [1.807, 2.05) is 24.3 Å². The largest absolute Gasteiger partial charge is 0.295 e. The molecule has 0 aliphatic heterocycles. The van der Waals surface area contributed by atoms with Crippen LogP contribution in [-0.2, 0) is 0 Å². The minimum absolute atomic E-state index is 0.119. The average molecular weight is 264 g/mol. The van der Waals surface area contributed by atoms with Crippen LogP contribution in [-0.4, -0.2) is 5.78 Å². The first kappa shape index (κ1) is 13.1. The van der Waals surface area contributed by atoms with Crippen LogP contribution in [0, 0.1) is 0 Å². The minimum atomic E-state index is 0.119. The van der Waals surface area contributed by atoms with E-state index in [9.17, 15) is 4.79 Å². The molecule has 20 heavy (non-hydrogen) atoms. The molecule has 1 aliphatic rings. The first-order valence-electron chi connectivity index (χ1n) is 7.45. The number of benzene rings is 2. The Morgan fingerprint density at radius 1 is 0.850 bits per heavy atom. The van der Waals surface area contributed by atoms with Gasteiger partial charge in [0, 0.05) is 5.56 Å². The maximum absolute atomic E-state index is 11.3. The molecule has 0 radical (unpaired) electrons. The summed E-state index contributed by atoms with van der Waals surface area (Å²) >= 11 is 0. The lowest BCUT2D eigenvalue weighted by Crippen LogP contribution is -1.92. The van der Waals surface area contributed by atoms with Gasteiger partial charge in [0.25, 0.3) is 0 Å². The van der Waals surface area contributed by atoms with Crippen LogP contribution in [0.2, 0.25) is 0 Å². The molecule has 1 heteroatoms. The van der Waals surface area contributed by atoms with Crippen molar-refractivity contribution < 1.29 is 4.79 Å². The van der Waals surface area contributed by atoms with E-state index in [0.717, 1.165) is 11.5 Å². The maximum atomic E-state index is 11.3. The highest BCUT2D eigenvalue weighted by molar-refractivity contribution is 5.94. The average Bonchev–Trinajstić information content (AvgIpc) is 3.02. The lowest BCUT2D eigenvalue weighted by molar-refractivity contribution is 0.101. The van der Waals surface area contributed by atoms with E-state index in [4.69, 9.17) is 0 Å². The van der Waals surface area contributed by atoms with Gasteiger partial charge in [0.1, 0.15) is 0 Å². The van der Waals surface area contributed by atoms with E-state index in [-0.39, 0.29) is 5.78 Å². The lowest BCUT2D eigenvalue weighted by Gasteiger charge is -2.10. The van der Waals surface area contributed by atoms with Crippen molar-refractivity contribution in [2.75, 3.05) is 0 Å². The maximum Gasteiger partial charge on any atom is 0.159 e. The Kier molecular flexibility index (Phi) is 3.68. The molecule has 3 rings (SSSR count). The number of hydrogen-bond donors (Lipinski definition) is 0. The standard InChI is InChI=1S/C19H20O/c1-14(20)15-6-8-18(9-7-15)19-12-10-17(11-13-19)16-4-2-3-5-16/h6-13,16H,2-5H2,1H3. The van der Waals surface area contributed by atoms with Crippen molar-refractivity contribution in [1.82, 2.24) is 0 Å². The molecule has 102 valence electrons. The van der Waals surface area contributed by atoms with Crippen LogP contribution in [0.4, 0.5) is 0 Å². The highest BCUT2D eigenvalue weighted by Crippen LogP contribution is 2.34. The second-order valence-electron chi connectivity index (χ2n) is 5.74. The SMILES string of the molecule is CC(=O)c1ccc(-c2ccc(C3CCCC3)cc2)cc1. The summed E-state index contributed by atoms with van der Waals surface area (Å²) in [5, 5.41) is 0. The lowest BCUT2D eigenvalue weighted by atomic mass is 9.95. The highest BCUT2D eigenvalue weighted by Gasteiger charge is 2.16. The fourth-order valence-electron chi connectivity index (χ4n) is 3.10. The summed E-state index contributed by atoms with van der Waals surface area (Å²) < 4.78 is 0. The van der Waals surface area contributed by atoms with E-state index < -0.39 is 0 Å². The van der Waals surface area contributed by atoms with E-state index in [1.54, 1.807) is 6.92 Å². The number of Topliss-reactive ketones (excluding diaryl/α,β-unsaturated/α-hetero) is 1. The molecule has 1 saturated carbocycles. The zero-order valence-corrected chi connectivity index (χ0v) is 11.9. The summed E-state index contributed by atoms with van der Waals surface area (Å²) in [6, 6.07) is 16.8. The second kappa shape index (κ2) is 5.62. The monoisotopic (exact) mass is 264 g/mol. The Hall–Kier alpha value is -1.89. The first-order valence-corrected chi connectivity index (χ1v) is 7.45. The van der Waals surface area contributed by atoms with Crippen LogP contribution in [0.25, 0.3) is 11.1 Å². The van der Waals surface area contributed by atoms with Gasteiger partial charge in [-0.15, -0.1) is 0 Å². The summed E-state index contributed by atoms with van der Waals surface area (Å²) in [5.41, 5.74) is 4.65. The van der Waals surface area contributed by atoms with Crippen LogP contribution in [0.3, 0.4) is 0 Å². The molecule has 0 aromatic heterocycles. The molecule has 1 aliphatic carbocycles. The van der Waals surface area contributed by atoms with Crippen molar-refractivity contribution in [3.63, 3.8) is 0 Å². The Morgan fingerprint density at radius 2 is 1.35 bits per heavy atom. The van der Waals surface area contributed by atoms with Crippen LogP contribution < -0.4 is 0 Å². The van der Waals surface area contributed by atoms with Crippen molar-refractivity contribution in [2.45, 2.75) is 38.5 Å². The molecule has 2 aromatic rings. The van der Waals surface area contributed by atoms with Gasteiger partial charge in [-0.05, 0) is 42.4 Å². The van der Waals surface area contributed by atoms with Gasteiger partial charge in [0.05, 0.1) is 0 Å². The molecule has 0 amide bonds. The Balaban J connectivity index is 1.81. The molecular weight excluding hydrogens is 244 g/mol. The molecule has 1 fully saturated rings. The van der Waals surface area contributed by atoms with Crippen LogP contribution in [0.1, 0.15) is 54.4 Å². The van der Waals surface area contributed by atoms with Gasteiger partial charge >= 0.3 is 0 Å². The molecular formula is C19H20O. The van der Waals surface area contributed by atoms with Gasteiger partial charge < -0.3 is 0 Å². The summed E-state index contributed by atoms with van der Waals surface area (Å²) in [7, 11) is 0. The van der Waals surface area contributed by atoms with Crippen molar-refractivity contribution >= 4 is 5.78 Å². The Bertz CT molecular complexity index is 587. The van der Waals surface area contributed by atoms with Crippen molar-refractivity contribution in [1.29, 1.82) is 0 Å². The smallest absolute Gasteiger partial charge is 0.159 e. The van der Waals surface area contributed by atoms with Gasteiger partial charge in [-0.3, -0.25) is 4.79 Å². The number of rotatable bonds is 3. The first-order chi connectivity index (χ1) is 9.74. The fourth-order valence-corrected chi connectivity index (χ4v) is 3.10. The molecule has 0 N–H and O–H groups in total. The van der Waals surface area contributed by atoms with Crippen LogP contribution in [0.5, 0.6) is 0 Å². The molecule has 0 bridgehead atoms. The van der Waals surface area contributed by atoms with Gasteiger partial charge in [0.15, 0.2) is 5.78 Å². The minimum Gasteiger partial charge on any atom is -0.295 e. The van der Waals surface area contributed by atoms with Crippen molar-refractivity contribution in [2.24, 2.45) is 0 Å². The molecule has 0 atom stereocenters. The van der Waals surface area contributed by atoms with Crippen molar-refractivity contribution in [3.05, 3.63) is 59.7 Å². The Labute approximate surface area is 120 Å². The highest BCUT2D eigenvalue weighted by atomic mass is 16.1. The molecule has 2 aromatic carbocycles. The molecule has 0 heterocycles. The van der Waals surface area contributed by atoms with Crippen LogP contribution in [0.15, 0.2) is 48.5 Å². The second-order valence-corrected chi connectivity index (χ2v) is 5.74. The Morgan fingerprint density at radius 3 is 1.85 bits per heavy atom. The predicted octanol–water partition coefficient (Wildman–Crippen LogP) is 5.21. The molecule has 0 unspecified atom stereocenters. The van der Waals surface area contributed by atoms with Gasteiger partial charge in [-0.1, -0.05) is 61.4 Å². The number of carbonyl (C=O) groups excluding carboxylic acids is 1. The predicted molar refractivity (Wildman–Crippen MR) is 83.1 cm³/mol. The quantitative estimate of drug-likeness (QED) is 0.695. The normalized spacial score (nSPS) is 15.4. The van der Waals surface area contributed by atoms with E-state index in [1.165, 1.54) is 42.4 Å². The summed E-state index contributed by atoms with van der Waals surface area (Å²) in [4.78, 5) is 11.3. The third-order valence-electron chi connectivity index (χ3n) is 4.36. The summed E-state index contributed by atoms with van der Waals surface area (Å²) in [5.74, 6) is 0.886. The zero-order valence-electron chi connectivity index (χ0n) is 11.9. The molecule has 1 nitrogen and oxygen atoms in total. The topological polar surface area (TPSA) is 17.1 Å². The number of carbonyl (C=O) groups is 1. The summed E-state index contributed by atoms with van der Waals surface area (Å²) in [6.07, 6.45) is 5.43.